The Balaban J connectivity index is 2.64. The van der Waals surface area contributed by atoms with Crippen LogP contribution in [0.1, 0.15) is 91.5 Å². The standard InChI is InChI=1S/C26H38N2O2/c1-8-13-14-22-23(25(29)21(12-5)17(6)28(22)7)26(30)27-24-19(10-3)15-18(9-2)16-20(24)11-4/h15-16H,8-14H2,1-7H3,(H,27,30). The number of benzene rings is 1. The van der Waals surface area contributed by atoms with Crippen LogP contribution in [0.25, 0.3) is 0 Å². The molecule has 0 fully saturated rings. The van der Waals surface area contributed by atoms with Crippen molar-refractivity contribution < 1.29 is 4.79 Å². The number of amides is 1. The Hall–Kier alpha value is -2.36. The molecule has 2 rings (SSSR count). The van der Waals surface area contributed by atoms with E-state index in [9.17, 15) is 9.59 Å². The van der Waals surface area contributed by atoms with Gasteiger partial charge in [0.15, 0.2) is 5.43 Å². The number of hydrogen-bond acceptors (Lipinski definition) is 2. The number of hydrogen-bond donors (Lipinski definition) is 1. The predicted molar refractivity (Wildman–Crippen MR) is 127 cm³/mol. The van der Waals surface area contributed by atoms with Crippen molar-refractivity contribution >= 4 is 11.6 Å². The molecule has 0 aliphatic carbocycles. The van der Waals surface area contributed by atoms with Crippen LogP contribution in [-0.2, 0) is 39.2 Å². The molecule has 0 aliphatic heterocycles. The summed E-state index contributed by atoms with van der Waals surface area (Å²) in [5, 5.41) is 3.15. The van der Waals surface area contributed by atoms with E-state index in [1.54, 1.807) is 0 Å². The van der Waals surface area contributed by atoms with E-state index in [1.165, 1.54) is 5.56 Å². The molecule has 4 nitrogen and oxygen atoms in total. The van der Waals surface area contributed by atoms with Crippen molar-refractivity contribution in [3.63, 3.8) is 0 Å². The summed E-state index contributed by atoms with van der Waals surface area (Å²) in [6.45, 7) is 12.4. The topological polar surface area (TPSA) is 51.1 Å². The van der Waals surface area contributed by atoms with Gasteiger partial charge in [-0.1, -0.05) is 53.2 Å². The number of aryl methyl sites for hydroxylation is 3. The Bertz CT molecular complexity index is 945. The van der Waals surface area contributed by atoms with E-state index in [0.29, 0.717) is 12.0 Å². The quantitative estimate of drug-likeness (QED) is 0.590. The molecule has 30 heavy (non-hydrogen) atoms. The Labute approximate surface area is 181 Å². The highest BCUT2D eigenvalue weighted by Gasteiger charge is 2.23. The fourth-order valence-corrected chi connectivity index (χ4v) is 4.24. The van der Waals surface area contributed by atoms with Gasteiger partial charge in [0, 0.05) is 29.7 Å². The number of carbonyl (C=O) groups excluding carboxylic acids is 1. The molecule has 1 N–H and O–H groups in total. The maximum absolute atomic E-state index is 13.5. The summed E-state index contributed by atoms with van der Waals surface area (Å²) in [4.78, 5) is 26.8. The van der Waals surface area contributed by atoms with Gasteiger partial charge in [-0.2, -0.15) is 0 Å². The SMILES string of the molecule is CCCCc1c(C(=O)Nc2c(CC)cc(CC)cc2CC)c(=O)c(CC)c(C)n1C. The normalized spacial score (nSPS) is 11.0. The van der Waals surface area contributed by atoms with E-state index >= 15 is 0 Å². The number of unbranched alkanes of at least 4 members (excludes halogenated alkanes) is 1. The van der Waals surface area contributed by atoms with Gasteiger partial charge in [0.25, 0.3) is 5.91 Å². The molecule has 0 bridgehead atoms. The van der Waals surface area contributed by atoms with E-state index in [-0.39, 0.29) is 11.3 Å². The summed E-state index contributed by atoms with van der Waals surface area (Å²) in [7, 11) is 1.97. The summed E-state index contributed by atoms with van der Waals surface area (Å²) in [6, 6.07) is 4.36. The Kier molecular flexibility index (Phi) is 8.45. The van der Waals surface area contributed by atoms with E-state index in [1.807, 2.05) is 25.5 Å². The van der Waals surface area contributed by atoms with Crippen LogP contribution < -0.4 is 10.7 Å². The van der Waals surface area contributed by atoms with Gasteiger partial charge in [-0.05, 0) is 62.1 Å². The molecule has 0 spiro atoms. The van der Waals surface area contributed by atoms with Crippen LogP contribution in [0, 0.1) is 6.92 Å². The first kappa shape index (κ1) is 23.9. The Morgan fingerprint density at radius 1 is 0.967 bits per heavy atom. The minimum Gasteiger partial charge on any atom is -0.351 e. The molecule has 2 aromatic rings. The molecule has 0 atom stereocenters. The summed E-state index contributed by atoms with van der Waals surface area (Å²) < 4.78 is 2.05. The Morgan fingerprint density at radius 2 is 1.57 bits per heavy atom. The smallest absolute Gasteiger partial charge is 0.261 e. The third-order valence-corrected chi connectivity index (χ3v) is 6.25. The molecule has 0 aliphatic rings. The molecule has 0 saturated carbocycles. The van der Waals surface area contributed by atoms with Gasteiger partial charge in [0.2, 0.25) is 0 Å². The van der Waals surface area contributed by atoms with Crippen LogP contribution in [0.4, 0.5) is 5.69 Å². The first-order valence-electron chi connectivity index (χ1n) is 11.5. The second-order valence-electron chi connectivity index (χ2n) is 8.03. The van der Waals surface area contributed by atoms with Crippen LogP contribution in [0.2, 0.25) is 0 Å². The molecule has 1 aromatic carbocycles. The number of nitrogens with one attached hydrogen (secondary N) is 1. The number of rotatable bonds is 9. The van der Waals surface area contributed by atoms with Gasteiger partial charge >= 0.3 is 0 Å². The van der Waals surface area contributed by atoms with Crippen LogP contribution in [-0.4, -0.2) is 10.5 Å². The molecule has 164 valence electrons. The summed E-state index contributed by atoms with van der Waals surface area (Å²) >= 11 is 0. The zero-order valence-electron chi connectivity index (χ0n) is 19.9. The zero-order chi connectivity index (χ0) is 22.4. The lowest BCUT2D eigenvalue weighted by molar-refractivity contribution is 0.102. The first-order valence-corrected chi connectivity index (χ1v) is 11.5. The molecular formula is C26H38N2O2. The zero-order valence-corrected chi connectivity index (χ0v) is 19.9. The molecule has 0 saturated heterocycles. The lowest BCUT2D eigenvalue weighted by Crippen LogP contribution is -2.31. The van der Waals surface area contributed by atoms with Crippen LogP contribution >= 0.6 is 0 Å². The average Bonchev–Trinajstić information content (AvgIpc) is 2.75. The van der Waals surface area contributed by atoms with Crippen molar-refractivity contribution in [3.8, 4) is 0 Å². The van der Waals surface area contributed by atoms with Crippen molar-refractivity contribution in [1.82, 2.24) is 4.57 Å². The van der Waals surface area contributed by atoms with Gasteiger partial charge in [0.05, 0.1) is 0 Å². The van der Waals surface area contributed by atoms with Crippen molar-refractivity contribution in [2.45, 2.75) is 86.5 Å². The minimum absolute atomic E-state index is 0.113. The van der Waals surface area contributed by atoms with Crippen molar-refractivity contribution in [2.75, 3.05) is 5.32 Å². The lowest BCUT2D eigenvalue weighted by Gasteiger charge is -2.21. The largest absolute Gasteiger partial charge is 0.351 e. The highest BCUT2D eigenvalue weighted by Crippen LogP contribution is 2.26. The number of anilines is 1. The number of aromatic nitrogens is 1. The minimum atomic E-state index is -0.273. The molecule has 0 unspecified atom stereocenters. The highest BCUT2D eigenvalue weighted by molar-refractivity contribution is 6.06. The summed E-state index contributed by atoms with van der Waals surface area (Å²) in [5.41, 5.74) is 7.17. The van der Waals surface area contributed by atoms with Gasteiger partial charge in [-0.15, -0.1) is 0 Å². The maximum atomic E-state index is 13.5. The first-order chi connectivity index (χ1) is 14.3. The van der Waals surface area contributed by atoms with E-state index in [0.717, 1.165) is 72.3 Å². The second kappa shape index (κ2) is 10.6. The number of carbonyl (C=O) groups is 1. The van der Waals surface area contributed by atoms with Crippen LogP contribution in [0.5, 0.6) is 0 Å². The molecule has 1 heterocycles. The maximum Gasteiger partial charge on any atom is 0.261 e. The molecule has 1 aromatic heterocycles. The second-order valence-corrected chi connectivity index (χ2v) is 8.03. The summed E-state index contributed by atoms with van der Waals surface area (Å²) in [6.07, 6.45) is 5.96. The molecular weight excluding hydrogens is 372 g/mol. The van der Waals surface area contributed by atoms with E-state index < -0.39 is 0 Å². The van der Waals surface area contributed by atoms with Crippen molar-refractivity contribution in [1.29, 1.82) is 0 Å². The number of nitrogens with zero attached hydrogens (tertiary/aromatic N) is 1. The Morgan fingerprint density at radius 3 is 2.03 bits per heavy atom. The van der Waals surface area contributed by atoms with E-state index in [4.69, 9.17) is 0 Å². The summed E-state index contributed by atoms with van der Waals surface area (Å²) in [5.74, 6) is -0.273. The lowest BCUT2D eigenvalue weighted by atomic mass is 9.96. The van der Waals surface area contributed by atoms with Crippen LogP contribution in [0.15, 0.2) is 16.9 Å². The van der Waals surface area contributed by atoms with Gasteiger partial charge in [-0.25, -0.2) is 0 Å². The third kappa shape index (κ3) is 4.69. The predicted octanol–water partition coefficient (Wildman–Crippen LogP) is 5.54. The van der Waals surface area contributed by atoms with Gasteiger partial charge < -0.3 is 9.88 Å². The molecule has 1 amide bonds. The van der Waals surface area contributed by atoms with E-state index in [2.05, 4.69) is 45.1 Å². The average molecular weight is 411 g/mol. The van der Waals surface area contributed by atoms with Crippen LogP contribution in [0.3, 0.4) is 0 Å². The van der Waals surface area contributed by atoms with Gasteiger partial charge in [-0.3, -0.25) is 9.59 Å². The van der Waals surface area contributed by atoms with Gasteiger partial charge in [0.1, 0.15) is 5.56 Å². The monoisotopic (exact) mass is 410 g/mol. The fourth-order valence-electron chi connectivity index (χ4n) is 4.24. The fraction of sp³-hybridized carbons (Fsp3) is 0.538. The molecule has 0 radical (unpaired) electrons. The number of pyridine rings is 1. The van der Waals surface area contributed by atoms with Crippen molar-refractivity contribution in [2.24, 2.45) is 7.05 Å². The van der Waals surface area contributed by atoms with Crippen molar-refractivity contribution in [3.05, 3.63) is 61.6 Å². The molecule has 4 heteroatoms. The highest BCUT2D eigenvalue weighted by atomic mass is 16.2. The third-order valence-electron chi connectivity index (χ3n) is 6.25.